The van der Waals surface area contributed by atoms with Crippen molar-refractivity contribution in [2.45, 2.75) is 45.3 Å². The van der Waals surface area contributed by atoms with Crippen molar-refractivity contribution in [2.75, 3.05) is 6.54 Å². The van der Waals surface area contributed by atoms with Gasteiger partial charge >= 0.3 is 0 Å². The molecule has 0 radical (unpaired) electrons. The molecule has 3 heterocycles. The fourth-order valence-electron chi connectivity index (χ4n) is 3.79. The predicted octanol–water partition coefficient (Wildman–Crippen LogP) is 4.00. The van der Waals surface area contributed by atoms with Crippen LogP contribution in [0.1, 0.15) is 43.0 Å². The summed E-state index contributed by atoms with van der Waals surface area (Å²) in [7, 11) is 0. The molecular weight excluding hydrogens is 374 g/mol. The van der Waals surface area contributed by atoms with Gasteiger partial charge in [-0.05, 0) is 19.4 Å². The number of aromatic nitrogens is 1. The lowest BCUT2D eigenvalue weighted by Crippen LogP contribution is -2.44. The van der Waals surface area contributed by atoms with Crippen LogP contribution in [-0.2, 0) is 11.2 Å². The zero-order valence-electron chi connectivity index (χ0n) is 16.4. The van der Waals surface area contributed by atoms with E-state index in [2.05, 4.69) is 16.8 Å². The number of halogens is 2. The first-order valence-electron chi connectivity index (χ1n) is 9.64. The van der Waals surface area contributed by atoms with Crippen LogP contribution in [0.2, 0.25) is 0 Å². The van der Waals surface area contributed by atoms with Gasteiger partial charge in [-0.1, -0.05) is 42.2 Å². The summed E-state index contributed by atoms with van der Waals surface area (Å²) < 4.78 is 32.9. The van der Waals surface area contributed by atoms with Crippen molar-refractivity contribution in [2.24, 2.45) is 5.41 Å². The van der Waals surface area contributed by atoms with Crippen LogP contribution in [0.5, 0.6) is 5.75 Å². The van der Waals surface area contributed by atoms with E-state index >= 15 is 0 Å². The molecule has 2 aliphatic heterocycles. The van der Waals surface area contributed by atoms with Crippen LogP contribution >= 0.6 is 0 Å². The molecule has 2 atom stereocenters. The van der Waals surface area contributed by atoms with E-state index < -0.39 is 17.7 Å². The Balaban J connectivity index is 1.61. The molecule has 6 heteroatoms. The number of hydrogen-bond donors (Lipinski definition) is 0. The first kappa shape index (κ1) is 19.4. The van der Waals surface area contributed by atoms with E-state index in [9.17, 15) is 13.6 Å². The third-order valence-electron chi connectivity index (χ3n) is 5.55. The van der Waals surface area contributed by atoms with Crippen LogP contribution in [0, 0.1) is 17.3 Å². The molecule has 2 aliphatic rings. The number of carbonyl (C=O) groups excluding carboxylic acids is 1. The van der Waals surface area contributed by atoms with Crippen molar-refractivity contribution < 1.29 is 18.3 Å². The average molecular weight is 396 g/mol. The molecule has 4 nitrogen and oxygen atoms in total. The molecule has 0 aliphatic carbocycles. The molecule has 2 aromatic rings. The average Bonchev–Trinajstić information content (AvgIpc) is 3.06. The third kappa shape index (κ3) is 3.57. The summed E-state index contributed by atoms with van der Waals surface area (Å²) in [4.78, 5) is 18.6. The molecule has 2 bridgehead atoms. The quantitative estimate of drug-likeness (QED) is 0.737. The summed E-state index contributed by atoms with van der Waals surface area (Å²) in [5, 5.41) is 0. The van der Waals surface area contributed by atoms with E-state index in [4.69, 9.17) is 4.74 Å². The minimum atomic E-state index is -2.73. The molecule has 150 valence electrons. The van der Waals surface area contributed by atoms with Crippen LogP contribution in [0.25, 0.3) is 0 Å². The van der Waals surface area contributed by atoms with Crippen molar-refractivity contribution in [3.8, 4) is 17.6 Å². The SMILES string of the molecule is CC(C)(C(=O)N1C[C@@H]2C[C@H]1c1cncc(C#CCc3ccccc3)c1O2)C(F)F. The highest BCUT2D eigenvalue weighted by atomic mass is 19.3. The van der Waals surface area contributed by atoms with Gasteiger partial charge in [-0.15, -0.1) is 0 Å². The van der Waals surface area contributed by atoms with Crippen molar-refractivity contribution >= 4 is 5.91 Å². The molecule has 29 heavy (non-hydrogen) atoms. The minimum Gasteiger partial charge on any atom is -0.487 e. The van der Waals surface area contributed by atoms with Crippen LogP contribution in [0.4, 0.5) is 8.78 Å². The number of carbonyl (C=O) groups is 1. The van der Waals surface area contributed by atoms with Crippen molar-refractivity contribution in [3.05, 3.63) is 59.4 Å². The largest absolute Gasteiger partial charge is 0.487 e. The Hall–Kier alpha value is -2.94. The molecule has 1 saturated heterocycles. The Morgan fingerprint density at radius 2 is 2.07 bits per heavy atom. The van der Waals surface area contributed by atoms with Gasteiger partial charge in [0.05, 0.1) is 18.2 Å². The Morgan fingerprint density at radius 1 is 1.31 bits per heavy atom. The Morgan fingerprint density at radius 3 is 2.79 bits per heavy atom. The van der Waals surface area contributed by atoms with Gasteiger partial charge in [0.25, 0.3) is 6.43 Å². The highest BCUT2D eigenvalue weighted by Crippen LogP contribution is 2.46. The molecule has 4 rings (SSSR count). The van der Waals surface area contributed by atoms with E-state index in [1.54, 1.807) is 12.4 Å². The van der Waals surface area contributed by atoms with E-state index in [0.29, 0.717) is 30.7 Å². The molecule has 1 aromatic heterocycles. The first-order valence-corrected chi connectivity index (χ1v) is 9.64. The number of hydrogen-bond acceptors (Lipinski definition) is 3. The van der Waals surface area contributed by atoms with Gasteiger partial charge in [0.1, 0.15) is 17.3 Å². The molecule has 0 saturated carbocycles. The fourth-order valence-corrected chi connectivity index (χ4v) is 3.79. The van der Waals surface area contributed by atoms with Gasteiger partial charge in [-0.2, -0.15) is 0 Å². The summed E-state index contributed by atoms with van der Waals surface area (Å²) in [5.74, 6) is 6.32. The lowest BCUT2D eigenvalue weighted by molar-refractivity contribution is -0.149. The topological polar surface area (TPSA) is 42.4 Å². The van der Waals surface area contributed by atoms with Crippen LogP contribution in [0.15, 0.2) is 42.7 Å². The van der Waals surface area contributed by atoms with E-state index in [1.807, 2.05) is 30.3 Å². The number of rotatable bonds is 3. The Bertz CT molecular complexity index is 979. The second-order valence-electron chi connectivity index (χ2n) is 8.04. The predicted molar refractivity (Wildman–Crippen MR) is 105 cm³/mol. The molecule has 1 fully saturated rings. The monoisotopic (exact) mass is 396 g/mol. The summed E-state index contributed by atoms with van der Waals surface area (Å²) >= 11 is 0. The van der Waals surface area contributed by atoms with Gasteiger partial charge in [0.15, 0.2) is 0 Å². The number of alkyl halides is 2. The number of ether oxygens (including phenoxy) is 1. The fraction of sp³-hybridized carbons (Fsp3) is 0.391. The Kier molecular flexibility index (Phi) is 4.99. The van der Waals surface area contributed by atoms with Crippen molar-refractivity contribution in [1.29, 1.82) is 0 Å². The van der Waals surface area contributed by atoms with Crippen molar-refractivity contribution in [1.82, 2.24) is 9.88 Å². The van der Waals surface area contributed by atoms with E-state index in [-0.39, 0.29) is 12.1 Å². The highest BCUT2D eigenvalue weighted by molar-refractivity contribution is 5.83. The van der Waals surface area contributed by atoms with Crippen LogP contribution in [0.3, 0.4) is 0 Å². The van der Waals surface area contributed by atoms with Gasteiger partial charge in [-0.25, -0.2) is 8.78 Å². The van der Waals surface area contributed by atoms with Gasteiger partial charge in [0, 0.05) is 30.8 Å². The lowest BCUT2D eigenvalue weighted by Gasteiger charge is -2.32. The zero-order valence-corrected chi connectivity index (χ0v) is 16.4. The summed E-state index contributed by atoms with van der Waals surface area (Å²) in [6.07, 6.45) is 1.54. The molecule has 0 N–H and O–H groups in total. The highest BCUT2D eigenvalue weighted by Gasteiger charge is 2.49. The molecule has 0 unspecified atom stereocenters. The molecular formula is C23H22F2N2O2. The first-order chi connectivity index (χ1) is 13.9. The maximum absolute atomic E-state index is 13.4. The van der Waals surface area contributed by atoms with Gasteiger partial charge < -0.3 is 9.64 Å². The number of pyridine rings is 1. The van der Waals surface area contributed by atoms with Crippen molar-refractivity contribution in [3.63, 3.8) is 0 Å². The number of amides is 1. The van der Waals surface area contributed by atoms with E-state index in [1.165, 1.54) is 18.7 Å². The number of fused-ring (bicyclic) bond motifs is 4. The second kappa shape index (κ2) is 7.47. The summed E-state index contributed by atoms with van der Waals surface area (Å²) in [6, 6.07) is 9.61. The minimum absolute atomic E-state index is 0.220. The molecule has 0 spiro atoms. The lowest BCUT2D eigenvalue weighted by atomic mass is 9.91. The normalized spacial score (nSPS) is 20.0. The second-order valence-corrected chi connectivity index (χ2v) is 8.04. The van der Waals surface area contributed by atoms with Crippen LogP contribution < -0.4 is 4.74 Å². The maximum atomic E-state index is 13.4. The number of benzene rings is 1. The van der Waals surface area contributed by atoms with E-state index in [0.717, 1.165) is 11.1 Å². The van der Waals surface area contributed by atoms with Gasteiger partial charge in [0.2, 0.25) is 5.91 Å². The molecule has 1 aromatic carbocycles. The van der Waals surface area contributed by atoms with Gasteiger partial charge in [-0.3, -0.25) is 9.78 Å². The Labute approximate surface area is 168 Å². The zero-order chi connectivity index (χ0) is 20.6. The number of likely N-dealkylation sites (tertiary alicyclic amines) is 1. The summed E-state index contributed by atoms with van der Waals surface area (Å²) in [6.45, 7) is 2.87. The maximum Gasteiger partial charge on any atom is 0.252 e. The third-order valence-corrected chi connectivity index (χ3v) is 5.55. The standard InChI is InChI=1S/C23H22F2N2O2/c1-23(2,21(24)25)22(28)27-14-17-11-19(27)18-13-26-12-16(20(18)29-17)10-6-9-15-7-4-3-5-8-15/h3-5,7-8,12-13,17,19,21H,9,11,14H2,1-2H3/t17-,19-/m0/s1. The number of nitrogens with zero attached hydrogens (tertiary/aromatic N) is 2. The van der Waals surface area contributed by atoms with Crippen LogP contribution in [-0.4, -0.2) is 34.9 Å². The summed E-state index contributed by atoms with van der Waals surface area (Å²) in [5.41, 5.74) is 0.780. The molecule has 1 amide bonds. The smallest absolute Gasteiger partial charge is 0.252 e.